The molecule has 1 aliphatic carbocycles. The molecule has 0 saturated heterocycles. The van der Waals surface area contributed by atoms with Gasteiger partial charge in [-0.05, 0) is 133 Å². The van der Waals surface area contributed by atoms with Crippen molar-refractivity contribution in [1.29, 1.82) is 0 Å². The van der Waals surface area contributed by atoms with Gasteiger partial charge in [-0.2, -0.15) is 0 Å². The Hall–Kier alpha value is -8.54. The lowest BCUT2D eigenvalue weighted by molar-refractivity contribution is -0.148. The van der Waals surface area contributed by atoms with Gasteiger partial charge in [-0.3, -0.25) is 38.4 Å². The Morgan fingerprint density at radius 1 is 0.310 bits per heavy atom. The molecular formula is C82H108O18. The first-order valence-corrected chi connectivity index (χ1v) is 36.4. The topological polar surface area (TPSA) is 245 Å². The summed E-state index contributed by atoms with van der Waals surface area (Å²) in [5, 5.41) is 0. The number of ketones is 6. The molecule has 4 aromatic carbocycles. The maximum atomic E-state index is 14.9. The van der Waals surface area contributed by atoms with Gasteiger partial charge >= 0.3 is 23.9 Å². The van der Waals surface area contributed by atoms with Crippen LogP contribution < -0.4 is 18.9 Å². The molecule has 1 aliphatic rings. The van der Waals surface area contributed by atoms with Gasteiger partial charge in [-0.1, -0.05) is 132 Å². The van der Waals surface area contributed by atoms with Gasteiger partial charge < -0.3 is 37.9 Å². The van der Waals surface area contributed by atoms with Gasteiger partial charge in [0.1, 0.15) is 100 Å². The summed E-state index contributed by atoms with van der Waals surface area (Å²) in [4.78, 5) is 136. The van der Waals surface area contributed by atoms with E-state index in [9.17, 15) is 47.9 Å². The Kier molecular flexibility index (Phi) is 36.6. The van der Waals surface area contributed by atoms with Crippen molar-refractivity contribution >= 4 is 58.6 Å². The minimum atomic E-state index is -0.734. The zero-order chi connectivity index (χ0) is 72.9. The molecule has 544 valence electrons. The number of carbonyl (C=O) groups excluding carboxylic acids is 10. The molecule has 18 nitrogen and oxygen atoms in total. The van der Waals surface area contributed by atoms with Crippen LogP contribution in [0.2, 0.25) is 0 Å². The number of Topliss-reactive ketones (excluding diaryl/α,β-unsaturated/α-hetero) is 6. The minimum absolute atomic E-state index is 0.0523. The summed E-state index contributed by atoms with van der Waals surface area (Å²) in [6.07, 6.45) is 13.2. The summed E-state index contributed by atoms with van der Waals surface area (Å²) in [6, 6.07) is 14.1. The van der Waals surface area contributed by atoms with E-state index in [1.807, 2.05) is 0 Å². The Morgan fingerprint density at radius 2 is 0.530 bits per heavy atom. The highest BCUT2D eigenvalue weighted by molar-refractivity contribution is 6.00. The molecule has 8 bridgehead atoms. The van der Waals surface area contributed by atoms with Crippen LogP contribution in [0.1, 0.15) is 295 Å². The number of esters is 4. The molecular weight excluding hydrogens is 1270 g/mol. The SMILES string of the molecule is C=C(C)C(=O)OCCOc1c2cc(C(=O)CCCCCC)cc1Cc1cc(C(=O)CCCCCC)cc(c1OCCOC(=O)C(=C)C)Cc1cc(C(=O)CCCCCC)cc(c1OCCOC(=O)CC(=O)CC)Cc1cc(C(=O)CCCCCC)cc(c1OCCOC(=O)CC(=O)CC)C2. The second-order valence-electron chi connectivity index (χ2n) is 25.9. The van der Waals surface area contributed by atoms with Crippen molar-refractivity contribution in [2.45, 2.75) is 235 Å². The van der Waals surface area contributed by atoms with Crippen molar-refractivity contribution in [2.24, 2.45) is 0 Å². The van der Waals surface area contributed by atoms with E-state index in [2.05, 4.69) is 40.9 Å². The third kappa shape index (κ3) is 27.5. The summed E-state index contributed by atoms with van der Waals surface area (Å²) < 4.78 is 49.8. The fourth-order valence-electron chi connectivity index (χ4n) is 11.8. The first-order valence-electron chi connectivity index (χ1n) is 36.4. The minimum Gasteiger partial charge on any atom is -0.489 e. The molecule has 0 saturated carbocycles. The van der Waals surface area contributed by atoms with E-state index in [-0.39, 0.29) is 174 Å². The number of fused-ring (bicyclic) bond motifs is 8. The number of hydrogen-bond acceptors (Lipinski definition) is 18. The van der Waals surface area contributed by atoms with Crippen LogP contribution in [-0.4, -0.2) is 111 Å². The fraction of sp³-hybridized carbons (Fsp3) is 0.537. The van der Waals surface area contributed by atoms with Crippen molar-refractivity contribution < 1.29 is 85.8 Å². The van der Waals surface area contributed by atoms with E-state index >= 15 is 0 Å². The van der Waals surface area contributed by atoms with Crippen molar-refractivity contribution in [3.8, 4) is 23.0 Å². The Labute approximate surface area is 592 Å². The van der Waals surface area contributed by atoms with Gasteiger partial charge in [-0.25, -0.2) is 9.59 Å². The molecule has 0 atom stereocenters. The van der Waals surface area contributed by atoms with E-state index < -0.39 is 36.7 Å². The predicted molar refractivity (Wildman–Crippen MR) is 385 cm³/mol. The van der Waals surface area contributed by atoms with Crippen LogP contribution >= 0.6 is 0 Å². The predicted octanol–water partition coefficient (Wildman–Crippen LogP) is 16.6. The van der Waals surface area contributed by atoms with Crippen LogP contribution in [0.15, 0.2) is 72.8 Å². The van der Waals surface area contributed by atoms with E-state index in [1.54, 1.807) is 62.4 Å². The standard InChI is InChI=1S/C82H108O18/c1-11-17-21-25-29-71(85)57-41-61-49-62-42-58(72(86)30-26-22-18-12-2)44-64(78(62)96-36-34-94-76(90)54-70(84)16-6)51-66-46-60(74(88)32-28-24-20-14-4)48-68(80(66)98-38-40-100-82(92)56(9)10)52-67-47-59(73(87)31-27-23-19-13-3)45-65(79(67)97-37-39-99-81(91)55(7)8)50-63(43-57)77(61)95-35-33-93-75(89)53-69(83)15-5/h41-48H,7,9,11-40,49-54H2,1-6,8,10H3. The highest BCUT2D eigenvalue weighted by Crippen LogP contribution is 2.42. The molecule has 0 N–H and O–H groups in total. The summed E-state index contributed by atoms with van der Waals surface area (Å²) >= 11 is 0. The van der Waals surface area contributed by atoms with Gasteiger partial charge in [0.25, 0.3) is 0 Å². The lowest BCUT2D eigenvalue weighted by Gasteiger charge is -2.25. The Bertz CT molecular complexity index is 3270. The zero-order valence-corrected chi connectivity index (χ0v) is 60.8. The van der Waals surface area contributed by atoms with Crippen molar-refractivity contribution in [3.63, 3.8) is 0 Å². The molecule has 0 fully saturated rings. The highest BCUT2D eigenvalue weighted by Gasteiger charge is 2.29. The van der Waals surface area contributed by atoms with Crippen LogP contribution in [0.3, 0.4) is 0 Å². The number of rotatable bonds is 48. The van der Waals surface area contributed by atoms with Gasteiger partial charge in [0.05, 0.1) is 0 Å². The third-order valence-corrected chi connectivity index (χ3v) is 17.3. The van der Waals surface area contributed by atoms with Gasteiger partial charge in [0.2, 0.25) is 0 Å². The van der Waals surface area contributed by atoms with Crippen molar-refractivity contribution in [1.82, 2.24) is 0 Å². The van der Waals surface area contributed by atoms with E-state index in [4.69, 9.17) is 37.9 Å². The summed E-state index contributed by atoms with van der Waals surface area (Å²) in [6.45, 7) is 20.5. The van der Waals surface area contributed by atoms with E-state index in [0.29, 0.717) is 104 Å². The first kappa shape index (κ1) is 82.1. The van der Waals surface area contributed by atoms with Gasteiger partial charge in [-0.15, -0.1) is 0 Å². The highest BCUT2D eigenvalue weighted by atomic mass is 16.6. The largest absolute Gasteiger partial charge is 0.489 e. The number of benzene rings is 4. The van der Waals surface area contributed by atoms with Gasteiger partial charge in [0.15, 0.2) is 23.1 Å². The van der Waals surface area contributed by atoms with E-state index in [1.165, 1.54) is 13.8 Å². The number of unbranched alkanes of at least 4 members (excludes halogenated alkanes) is 12. The third-order valence-electron chi connectivity index (χ3n) is 17.3. The molecule has 0 radical (unpaired) electrons. The number of carbonyl (C=O) groups is 10. The summed E-state index contributed by atoms with van der Waals surface area (Å²) in [5.41, 5.74) is 5.44. The molecule has 0 unspecified atom stereocenters. The van der Waals surface area contributed by atoms with Crippen LogP contribution in [0.4, 0.5) is 0 Å². The van der Waals surface area contributed by atoms with Crippen molar-refractivity contribution in [3.05, 3.63) is 140 Å². The fourth-order valence-corrected chi connectivity index (χ4v) is 11.8. The molecule has 4 aromatic rings. The maximum absolute atomic E-state index is 14.9. The van der Waals surface area contributed by atoms with Crippen LogP contribution in [0.25, 0.3) is 0 Å². The maximum Gasteiger partial charge on any atom is 0.333 e. The molecule has 0 aromatic heterocycles. The normalized spacial score (nSPS) is 11.6. The zero-order valence-electron chi connectivity index (χ0n) is 60.8. The molecule has 0 aliphatic heterocycles. The van der Waals surface area contributed by atoms with Crippen molar-refractivity contribution in [2.75, 3.05) is 52.9 Å². The molecule has 5 rings (SSSR count). The average Bonchev–Trinajstić information content (AvgIpc) is 0.779. The average molecular weight is 1380 g/mol. The first-order chi connectivity index (χ1) is 48.1. The van der Waals surface area contributed by atoms with Crippen LogP contribution in [0.5, 0.6) is 23.0 Å². The number of ether oxygens (including phenoxy) is 8. The second kappa shape index (κ2) is 44.6. The smallest absolute Gasteiger partial charge is 0.333 e. The lowest BCUT2D eigenvalue weighted by Crippen LogP contribution is -2.18. The quantitative estimate of drug-likeness (QED) is 0.00877. The molecule has 0 spiro atoms. The summed E-state index contributed by atoms with van der Waals surface area (Å²) in [7, 11) is 0. The van der Waals surface area contributed by atoms with Gasteiger partial charge in [0, 0.05) is 97.6 Å². The van der Waals surface area contributed by atoms with Crippen LogP contribution in [-0.2, 0) is 73.4 Å². The molecule has 0 heterocycles. The van der Waals surface area contributed by atoms with Crippen LogP contribution in [0, 0.1) is 0 Å². The monoisotopic (exact) mass is 1380 g/mol. The molecule has 18 heteroatoms. The lowest BCUT2D eigenvalue weighted by atomic mass is 9.86. The van der Waals surface area contributed by atoms with E-state index in [0.717, 1.165) is 77.0 Å². The Balaban J connectivity index is 2.03. The summed E-state index contributed by atoms with van der Waals surface area (Å²) in [5.74, 6) is -2.83. The Morgan fingerprint density at radius 3 is 0.730 bits per heavy atom. The number of hydrogen-bond donors (Lipinski definition) is 0. The molecule has 100 heavy (non-hydrogen) atoms. The molecule has 0 amide bonds. The second-order valence-corrected chi connectivity index (χ2v) is 25.9.